The van der Waals surface area contributed by atoms with E-state index in [1.54, 1.807) is 12.1 Å². The van der Waals surface area contributed by atoms with E-state index >= 15 is 0 Å². The first-order valence-electron chi connectivity index (χ1n) is 8.95. The monoisotopic (exact) mass is 426 g/mol. The zero-order chi connectivity index (χ0) is 21.3. The topological polar surface area (TPSA) is 118 Å². The summed E-state index contributed by atoms with van der Waals surface area (Å²) >= 11 is 0. The van der Waals surface area contributed by atoms with E-state index in [0.717, 1.165) is 9.87 Å². The van der Waals surface area contributed by atoms with Gasteiger partial charge in [-0.15, -0.1) is 0 Å². The molecule has 4 rings (SSSR count). The van der Waals surface area contributed by atoms with E-state index < -0.39 is 10.0 Å². The van der Waals surface area contributed by atoms with Gasteiger partial charge in [-0.05, 0) is 42.0 Å². The van der Waals surface area contributed by atoms with E-state index in [-0.39, 0.29) is 29.2 Å². The molecule has 0 radical (unpaired) electrons. The van der Waals surface area contributed by atoms with Crippen LogP contribution in [0.2, 0.25) is 0 Å². The van der Waals surface area contributed by atoms with Gasteiger partial charge in [0.2, 0.25) is 34.3 Å². The first-order valence-corrected chi connectivity index (χ1v) is 10.4. The quantitative estimate of drug-likeness (QED) is 0.639. The maximum absolute atomic E-state index is 12.2. The number of rotatable bonds is 6. The normalized spacial score (nSPS) is 12.7. The Hall–Kier alpha value is -3.55. The average molecular weight is 426 g/mol. The second-order valence-corrected chi connectivity index (χ2v) is 8.81. The SMILES string of the molecule is CN(C)S(=O)(=O)c1ccc(-c2nc(C#N)c(NCc3ccc4c(c3)OCO4)o2)cc1. The predicted octanol–water partition coefficient (Wildman–Crippen LogP) is 2.80. The van der Waals surface area contributed by atoms with E-state index in [2.05, 4.69) is 10.3 Å². The predicted molar refractivity (Wildman–Crippen MR) is 107 cm³/mol. The zero-order valence-corrected chi connectivity index (χ0v) is 17.1. The van der Waals surface area contributed by atoms with Crippen molar-refractivity contribution in [3.05, 3.63) is 53.7 Å². The number of ether oxygens (including phenoxy) is 2. The number of nitrogens with zero attached hydrogens (tertiary/aromatic N) is 3. The summed E-state index contributed by atoms with van der Waals surface area (Å²) in [7, 11) is -0.595. The summed E-state index contributed by atoms with van der Waals surface area (Å²) in [5, 5.41) is 12.4. The number of hydrogen-bond acceptors (Lipinski definition) is 8. The number of oxazole rings is 1. The van der Waals surface area contributed by atoms with Crippen molar-refractivity contribution >= 4 is 15.9 Å². The maximum atomic E-state index is 12.2. The van der Waals surface area contributed by atoms with Crippen molar-refractivity contribution in [2.75, 3.05) is 26.2 Å². The van der Waals surface area contributed by atoms with Crippen molar-refractivity contribution < 1.29 is 22.3 Å². The zero-order valence-electron chi connectivity index (χ0n) is 16.2. The van der Waals surface area contributed by atoms with E-state index in [4.69, 9.17) is 13.9 Å². The van der Waals surface area contributed by atoms with E-state index in [0.29, 0.717) is 23.6 Å². The molecule has 0 bridgehead atoms. The lowest BCUT2D eigenvalue weighted by Gasteiger charge is -2.11. The molecule has 0 saturated carbocycles. The molecule has 1 aromatic heterocycles. The van der Waals surface area contributed by atoms with Crippen LogP contribution in [0.3, 0.4) is 0 Å². The Morgan fingerprint density at radius 3 is 2.57 bits per heavy atom. The number of fused-ring (bicyclic) bond motifs is 1. The van der Waals surface area contributed by atoms with Gasteiger partial charge in [-0.2, -0.15) is 10.2 Å². The van der Waals surface area contributed by atoms with Crippen molar-refractivity contribution in [1.29, 1.82) is 5.26 Å². The number of nitriles is 1. The molecule has 0 fully saturated rings. The van der Waals surface area contributed by atoms with Crippen LogP contribution < -0.4 is 14.8 Å². The lowest BCUT2D eigenvalue weighted by atomic mass is 10.2. The standard InChI is InChI=1S/C20H18N4O5S/c1-24(2)30(25,26)15-6-4-14(5-7-15)19-23-16(10-21)20(29-19)22-11-13-3-8-17-18(9-13)28-12-27-17/h3-9,22H,11-12H2,1-2H3. The molecule has 0 saturated heterocycles. The molecule has 3 aromatic rings. The molecule has 1 N–H and O–H groups in total. The van der Waals surface area contributed by atoms with Gasteiger partial charge < -0.3 is 19.2 Å². The molecule has 30 heavy (non-hydrogen) atoms. The molecule has 9 nitrogen and oxygen atoms in total. The molecule has 2 aromatic carbocycles. The Bertz CT molecular complexity index is 1230. The average Bonchev–Trinajstić information content (AvgIpc) is 3.38. The molecule has 0 amide bonds. The van der Waals surface area contributed by atoms with Crippen LogP contribution in [0.5, 0.6) is 11.5 Å². The minimum absolute atomic E-state index is 0.107. The lowest BCUT2D eigenvalue weighted by molar-refractivity contribution is 0.174. The summed E-state index contributed by atoms with van der Waals surface area (Å²) in [6.45, 7) is 0.588. The highest BCUT2D eigenvalue weighted by Gasteiger charge is 2.19. The molecule has 2 heterocycles. The van der Waals surface area contributed by atoms with E-state index in [1.165, 1.54) is 26.2 Å². The Morgan fingerprint density at radius 2 is 1.87 bits per heavy atom. The van der Waals surface area contributed by atoms with Crippen molar-refractivity contribution in [1.82, 2.24) is 9.29 Å². The van der Waals surface area contributed by atoms with Gasteiger partial charge in [-0.1, -0.05) is 6.07 Å². The fourth-order valence-corrected chi connectivity index (χ4v) is 3.75. The summed E-state index contributed by atoms with van der Waals surface area (Å²) in [4.78, 5) is 4.36. The highest BCUT2D eigenvalue weighted by molar-refractivity contribution is 7.89. The molecule has 0 unspecified atom stereocenters. The Kier molecular flexibility index (Phi) is 5.07. The van der Waals surface area contributed by atoms with Gasteiger partial charge in [-0.25, -0.2) is 12.7 Å². The van der Waals surface area contributed by atoms with Gasteiger partial charge in [0, 0.05) is 26.2 Å². The molecule has 10 heteroatoms. The van der Waals surface area contributed by atoms with Gasteiger partial charge in [0.05, 0.1) is 4.90 Å². The highest BCUT2D eigenvalue weighted by atomic mass is 32.2. The van der Waals surface area contributed by atoms with E-state index in [9.17, 15) is 13.7 Å². The number of anilines is 1. The van der Waals surface area contributed by atoms with Gasteiger partial charge >= 0.3 is 0 Å². The molecule has 1 aliphatic heterocycles. The summed E-state index contributed by atoms with van der Waals surface area (Å²) in [6, 6.07) is 13.7. The Balaban J connectivity index is 1.53. The summed E-state index contributed by atoms with van der Waals surface area (Å²) in [6.07, 6.45) is 0. The second kappa shape index (κ2) is 7.70. The fourth-order valence-electron chi connectivity index (χ4n) is 2.85. The maximum Gasteiger partial charge on any atom is 0.242 e. The minimum atomic E-state index is -3.53. The van der Waals surface area contributed by atoms with Gasteiger partial charge in [0.1, 0.15) is 6.07 Å². The number of aromatic nitrogens is 1. The second-order valence-electron chi connectivity index (χ2n) is 6.66. The lowest BCUT2D eigenvalue weighted by Crippen LogP contribution is -2.22. The summed E-state index contributed by atoms with van der Waals surface area (Å²) in [5.74, 6) is 1.81. The third-order valence-electron chi connectivity index (χ3n) is 4.50. The van der Waals surface area contributed by atoms with Crippen LogP contribution in [0.15, 0.2) is 51.8 Å². The van der Waals surface area contributed by atoms with Crippen molar-refractivity contribution in [3.63, 3.8) is 0 Å². The van der Waals surface area contributed by atoms with Gasteiger partial charge in [-0.3, -0.25) is 0 Å². The Morgan fingerprint density at radius 1 is 1.13 bits per heavy atom. The highest BCUT2D eigenvalue weighted by Crippen LogP contribution is 2.33. The largest absolute Gasteiger partial charge is 0.454 e. The van der Waals surface area contributed by atoms with Crippen molar-refractivity contribution in [3.8, 4) is 29.0 Å². The van der Waals surface area contributed by atoms with Crippen LogP contribution >= 0.6 is 0 Å². The molecule has 0 aliphatic carbocycles. The number of benzene rings is 2. The third-order valence-corrected chi connectivity index (χ3v) is 6.33. The molecule has 0 spiro atoms. The summed E-state index contributed by atoms with van der Waals surface area (Å²) < 4.78 is 41.9. The van der Waals surface area contributed by atoms with Crippen LogP contribution in [0.4, 0.5) is 5.88 Å². The summed E-state index contributed by atoms with van der Waals surface area (Å²) in [5.41, 5.74) is 1.58. The van der Waals surface area contributed by atoms with Crippen LogP contribution in [0.1, 0.15) is 11.3 Å². The molecule has 0 atom stereocenters. The van der Waals surface area contributed by atoms with Gasteiger partial charge in [0.15, 0.2) is 11.5 Å². The Labute approximate surface area is 173 Å². The smallest absolute Gasteiger partial charge is 0.242 e. The first kappa shape index (κ1) is 19.8. The minimum Gasteiger partial charge on any atom is -0.454 e. The van der Waals surface area contributed by atoms with Gasteiger partial charge in [0.25, 0.3) is 0 Å². The third kappa shape index (κ3) is 3.68. The number of hydrogen-bond donors (Lipinski definition) is 1. The molecular formula is C20H18N4O5S. The van der Waals surface area contributed by atoms with Crippen molar-refractivity contribution in [2.24, 2.45) is 0 Å². The van der Waals surface area contributed by atoms with Crippen LogP contribution in [-0.2, 0) is 16.6 Å². The van der Waals surface area contributed by atoms with Crippen LogP contribution in [0, 0.1) is 11.3 Å². The molecule has 1 aliphatic rings. The van der Waals surface area contributed by atoms with Crippen molar-refractivity contribution in [2.45, 2.75) is 11.4 Å². The van der Waals surface area contributed by atoms with Crippen LogP contribution in [0.25, 0.3) is 11.5 Å². The number of nitrogens with one attached hydrogen (secondary N) is 1. The number of sulfonamides is 1. The molecular weight excluding hydrogens is 408 g/mol. The fraction of sp³-hybridized carbons (Fsp3) is 0.200. The molecule has 154 valence electrons. The van der Waals surface area contributed by atoms with Crippen LogP contribution in [-0.4, -0.2) is 38.6 Å². The first-order chi connectivity index (χ1) is 14.4. The van der Waals surface area contributed by atoms with E-state index in [1.807, 2.05) is 24.3 Å².